The van der Waals surface area contributed by atoms with Crippen LogP contribution in [0.1, 0.15) is 78.0 Å². The number of hydrogen-bond donors (Lipinski definition) is 2. The molecule has 0 amide bonds. The van der Waals surface area contributed by atoms with Crippen LogP contribution in [0.3, 0.4) is 0 Å². The maximum atomic E-state index is 12.0. The molecule has 1 heterocycles. The molecule has 2 rings (SSSR count). The van der Waals surface area contributed by atoms with Crippen LogP contribution in [0, 0.1) is 5.92 Å². The Hall–Kier alpha value is -1.55. The van der Waals surface area contributed by atoms with E-state index in [0.717, 1.165) is 43.6 Å². The Morgan fingerprint density at radius 1 is 1.11 bits per heavy atom. The average Bonchev–Trinajstić information content (AvgIpc) is 2.55. The zero-order chi connectivity index (χ0) is 20.4. The number of carbonyl (C=O) groups excluding carboxylic acids is 1. The predicted octanol–water partition coefficient (Wildman–Crippen LogP) is 3.35. The second-order valence-electron chi connectivity index (χ2n) is 9.98. The quantitative estimate of drug-likeness (QED) is 0.793. The van der Waals surface area contributed by atoms with E-state index in [1.807, 2.05) is 6.92 Å². The molecule has 0 unspecified atom stereocenters. The van der Waals surface area contributed by atoms with E-state index >= 15 is 0 Å². The first-order valence-corrected chi connectivity index (χ1v) is 10.3. The fourth-order valence-electron chi connectivity index (χ4n) is 3.80. The highest BCUT2D eigenvalue weighted by atomic mass is 16.5. The van der Waals surface area contributed by atoms with Crippen molar-refractivity contribution in [2.45, 2.75) is 78.7 Å². The maximum Gasteiger partial charge on any atom is 0.309 e. The van der Waals surface area contributed by atoms with Gasteiger partial charge >= 0.3 is 5.97 Å². The van der Waals surface area contributed by atoms with E-state index in [9.17, 15) is 9.90 Å². The highest BCUT2D eigenvalue weighted by Gasteiger charge is 2.30. The summed E-state index contributed by atoms with van der Waals surface area (Å²) in [5, 5.41) is 11.0. The van der Waals surface area contributed by atoms with Crippen molar-refractivity contribution in [2.75, 3.05) is 19.7 Å². The van der Waals surface area contributed by atoms with Crippen LogP contribution in [0.2, 0.25) is 0 Å². The third-order valence-corrected chi connectivity index (χ3v) is 5.62. The molecule has 2 N–H and O–H groups in total. The lowest BCUT2D eigenvalue weighted by Gasteiger charge is -2.31. The van der Waals surface area contributed by atoms with E-state index < -0.39 is 0 Å². The molecule has 152 valence electrons. The first-order valence-electron chi connectivity index (χ1n) is 10.3. The summed E-state index contributed by atoms with van der Waals surface area (Å²) in [5.41, 5.74) is 3.24. The van der Waals surface area contributed by atoms with Crippen LogP contribution in [0.4, 0.5) is 0 Å². The van der Waals surface area contributed by atoms with Gasteiger partial charge < -0.3 is 14.7 Å². The van der Waals surface area contributed by atoms with Crippen molar-refractivity contribution >= 4 is 5.97 Å². The van der Waals surface area contributed by atoms with Crippen LogP contribution < -0.4 is 4.90 Å². The Bertz CT molecular complexity index is 659. The largest absolute Gasteiger partial charge is 0.507 e. The molecule has 4 nitrogen and oxygen atoms in total. The summed E-state index contributed by atoms with van der Waals surface area (Å²) in [5.74, 6) is 0.424. The second-order valence-corrected chi connectivity index (χ2v) is 9.98. The monoisotopic (exact) mass is 376 g/mol. The molecule has 0 aliphatic carbocycles. The van der Waals surface area contributed by atoms with Gasteiger partial charge in [0.1, 0.15) is 12.3 Å². The van der Waals surface area contributed by atoms with E-state index in [0.29, 0.717) is 12.4 Å². The summed E-state index contributed by atoms with van der Waals surface area (Å²) in [7, 11) is 0. The highest BCUT2D eigenvalue weighted by Crippen LogP contribution is 2.37. The third-order valence-electron chi connectivity index (χ3n) is 5.62. The number of benzene rings is 1. The van der Waals surface area contributed by atoms with Gasteiger partial charge in [-0.05, 0) is 29.4 Å². The maximum absolute atomic E-state index is 12.0. The molecule has 1 saturated heterocycles. The van der Waals surface area contributed by atoms with Crippen LogP contribution in [-0.4, -0.2) is 30.8 Å². The summed E-state index contributed by atoms with van der Waals surface area (Å²) in [6.07, 6.45) is 1.72. The van der Waals surface area contributed by atoms with Gasteiger partial charge in [0, 0.05) is 24.0 Å². The lowest BCUT2D eigenvalue weighted by molar-refractivity contribution is -0.919. The van der Waals surface area contributed by atoms with Crippen molar-refractivity contribution in [1.82, 2.24) is 0 Å². The Labute approximate surface area is 164 Å². The van der Waals surface area contributed by atoms with Crippen molar-refractivity contribution in [2.24, 2.45) is 5.92 Å². The summed E-state index contributed by atoms with van der Waals surface area (Å²) in [4.78, 5) is 13.4. The summed E-state index contributed by atoms with van der Waals surface area (Å²) in [6.45, 7) is 18.1. The molecular formula is C23H38NO3+. The van der Waals surface area contributed by atoms with Gasteiger partial charge in [0.15, 0.2) is 0 Å². The minimum atomic E-state index is -0.105. The lowest BCUT2D eigenvalue weighted by Crippen LogP contribution is -3.11. The summed E-state index contributed by atoms with van der Waals surface area (Å²) < 4.78 is 5.17. The van der Waals surface area contributed by atoms with Gasteiger partial charge in [-0.3, -0.25) is 4.79 Å². The van der Waals surface area contributed by atoms with Crippen molar-refractivity contribution in [3.63, 3.8) is 0 Å². The minimum absolute atomic E-state index is 0.0355. The van der Waals surface area contributed by atoms with E-state index in [-0.39, 0.29) is 22.7 Å². The van der Waals surface area contributed by atoms with Gasteiger partial charge in [0.2, 0.25) is 0 Å². The fourth-order valence-corrected chi connectivity index (χ4v) is 3.80. The lowest BCUT2D eigenvalue weighted by atomic mass is 9.79. The molecule has 1 aliphatic heterocycles. The van der Waals surface area contributed by atoms with Gasteiger partial charge in [-0.2, -0.15) is 0 Å². The molecule has 0 radical (unpaired) electrons. The number of ether oxygens (including phenoxy) is 1. The Balaban J connectivity index is 2.20. The summed E-state index contributed by atoms with van der Waals surface area (Å²) >= 11 is 0. The van der Waals surface area contributed by atoms with E-state index in [1.165, 1.54) is 10.5 Å². The molecular weight excluding hydrogens is 338 g/mol. The smallest absolute Gasteiger partial charge is 0.309 e. The SMILES string of the molecule is CCOC(=O)C1CC[NH+](Cc2cc(C(C)(C)C)cc(C(C)(C)C)c2O)CC1. The Morgan fingerprint density at radius 2 is 1.70 bits per heavy atom. The van der Waals surface area contributed by atoms with Gasteiger partial charge in [0.05, 0.1) is 25.6 Å². The van der Waals surface area contributed by atoms with E-state index in [4.69, 9.17) is 4.74 Å². The highest BCUT2D eigenvalue weighted by molar-refractivity contribution is 5.72. The number of esters is 1. The van der Waals surface area contributed by atoms with Crippen molar-refractivity contribution < 1.29 is 19.5 Å². The molecule has 1 aromatic carbocycles. The number of aromatic hydroxyl groups is 1. The molecule has 0 saturated carbocycles. The molecule has 0 aromatic heterocycles. The molecule has 4 heteroatoms. The third kappa shape index (κ3) is 5.47. The zero-order valence-electron chi connectivity index (χ0n) is 18.2. The summed E-state index contributed by atoms with van der Waals surface area (Å²) in [6, 6.07) is 4.34. The van der Waals surface area contributed by atoms with Crippen molar-refractivity contribution in [3.05, 3.63) is 28.8 Å². The van der Waals surface area contributed by atoms with Gasteiger partial charge in [-0.1, -0.05) is 47.6 Å². The molecule has 27 heavy (non-hydrogen) atoms. The van der Waals surface area contributed by atoms with Gasteiger partial charge in [-0.25, -0.2) is 0 Å². The number of phenols is 1. The average molecular weight is 377 g/mol. The number of phenolic OH excluding ortho intramolecular Hbond substituents is 1. The van der Waals surface area contributed by atoms with Crippen LogP contribution in [0.5, 0.6) is 5.75 Å². The Kier molecular flexibility index (Phi) is 6.62. The number of likely N-dealkylation sites (tertiary alicyclic amines) is 1. The number of piperidine rings is 1. The molecule has 0 spiro atoms. The number of nitrogens with one attached hydrogen (secondary N) is 1. The van der Waals surface area contributed by atoms with Crippen LogP contribution in [0.25, 0.3) is 0 Å². The molecule has 0 atom stereocenters. The minimum Gasteiger partial charge on any atom is -0.507 e. The standard InChI is InChI=1S/C23H37NO3/c1-8-27-21(26)16-9-11-24(12-10-16)15-17-13-18(22(2,3)4)14-19(20(17)25)23(5,6)7/h13-14,16,25H,8-12,15H2,1-7H3/p+1. The normalized spacial score (nSPS) is 21.1. The molecule has 1 aromatic rings. The van der Waals surface area contributed by atoms with Crippen LogP contribution in [0.15, 0.2) is 12.1 Å². The van der Waals surface area contributed by atoms with Crippen LogP contribution in [-0.2, 0) is 26.9 Å². The van der Waals surface area contributed by atoms with E-state index in [1.54, 1.807) is 0 Å². The van der Waals surface area contributed by atoms with Gasteiger partial charge in [-0.15, -0.1) is 0 Å². The zero-order valence-corrected chi connectivity index (χ0v) is 18.2. The van der Waals surface area contributed by atoms with Crippen molar-refractivity contribution in [3.8, 4) is 5.75 Å². The van der Waals surface area contributed by atoms with Gasteiger partial charge in [0.25, 0.3) is 0 Å². The number of carbonyl (C=O) groups is 1. The van der Waals surface area contributed by atoms with Crippen molar-refractivity contribution in [1.29, 1.82) is 0 Å². The number of rotatable bonds is 4. The van der Waals surface area contributed by atoms with E-state index in [2.05, 4.69) is 53.7 Å². The number of hydrogen-bond acceptors (Lipinski definition) is 3. The van der Waals surface area contributed by atoms with Crippen LogP contribution >= 0.6 is 0 Å². The fraction of sp³-hybridized carbons (Fsp3) is 0.696. The Morgan fingerprint density at radius 3 is 2.19 bits per heavy atom. The molecule has 1 aliphatic rings. The second kappa shape index (κ2) is 8.22. The number of quaternary nitrogens is 1. The molecule has 0 bridgehead atoms. The molecule has 1 fully saturated rings. The predicted molar refractivity (Wildman–Crippen MR) is 109 cm³/mol. The topological polar surface area (TPSA) is 51.0 Å². The first kappa shape index (κ1) is 21.7. The first-order chi connectivity index (χ1) is 12.4.